The lowest BCUT2D eigenvalue weighted by molar-refractivity contribution is 0.213. The molecule has 2 N–H and O–H groups in total. The van der Waals surface area contributed by atoms with Gasteiger partial charge in [-0.3, -0.25) is 4.90 Å². The largest absolute Gasteiger partial charge is 0.329 e. The second-order valence-corrected chi connectivity index (χ2v) is 5.48. The third-order valence-corrected chi connectivity index (χ3v) is 3.87. The molecule has 4 heteroatoms. The Morgan fingerprint density at radius 1 is 1.67 bits per heavy atom. The highest BCUT2D eigenvalue weighted by Crippen LogP contribution is 2.34. The van der Waals surface area contributed by atoms with Crippen molar-refractivity contribution < 1.29 is 0 Å². The Morgan fingerprint density at radius 3 is 2.87 bits per heavy atom. The Morgan fingerprint density at radius 2 is 2.40 bits per heavy atom. The number of nitrogens with zero attached hydrogens (tertiary/aromatic N) is 2. The monoisotopic (exact) mass is 225 g/mol. The van der Waals surface area contributed by atoms with Crippen molar-refractivity contribution in [3.05, 3.63) is 16.1 Å². The summed E-state index contributed by atoms with van der Waals surface area (Å²) in [6.45, 7) is 3.75. The van der Waals surface area contributed by atoms with Gasteiger partial charge in [-0.05, 0) is 32.7 Å². The van der Waals surface area contributed by atoms with E-state index in [1.807, 2.05) is 0 Å². The van der Waals surface area contributed by atoms with E-state index in [0.29, 0.717) is 6.04 Å². The number of aromatic nitrogens is 1. The van der Waals surface area contributed by atoms with Crippen molar-refractivity contribution >= 4 is 11.3 Å². The molecule has 1 aliphatic carbocycles. The van der Waals surface area contributed by atoms with Crippen LogP contribution in [0.5, 0.6) is 0 Å². The van der Waals surface area contributed by atoms with Crippen LogP contribution in [0.3, 0.4) is 0 Å². The van der Waals surface area contributed by atoms with Crippen molar-refractivity contribution in [3.8, 4) is 0 Å². The number of nitrogens with two attached hydrogens (primary N) is 1. The summed E-state index contributed by atoms with van der Waals surface area (Å²) >= 11 is 1.72. The van der Waals surface area contributed by atoms with Crippen LogP contribution in [0.1, 0.15) is 23.5 Å². The Hall–Kier alpha value is -0.450. The highest BCUT2D eigenvalue weighted by Gasteiger charge is 2.32. The zero-order valence-electron chi connectivity index (χ0n) is 9.44. The van der Waals surface area contributed by atoms with E-state index < -0.39 is 0 Å². The highest BCUT2D eigenvalue weighted by molar-refractivity contribution is 7.09. The van der Waals surface area contributed by atoms with Gasteiger partial charge in [0.1, 0.15) is 0 Å². The number of hydrogen-bond acceptors (Lipinski definition) is 4. The zero-order chi connectivity index (χ0) is 10.8. The number of likely N-dealkylation sites (N-methyl/N-ethyl adjacent to an activating group) is 1. The van der Waals surface area contributed by atoms with Crippen molar-refractivity contribution in [2.45, 2.75) is 32.4 Å². The summed E-state index contributed by atoms with van der Waals surface area (Å²) in [5.41, 5.74) is 6.99. The van der Waals surface area contributed by atoms with E-state index >= 15 is 0 Å². The first-order chi connectivity index (χ1) is 7.20. The lowest BCUT2D eigenvalue weighted by Gasteiger charge is -2.26. The van der Waals surface area contributed by atoms with Gasteiger partial charge in [0.15, 0.2) is 0 Å². The van der Waals surface area contributed by atoms with Gasteiger partial charge in [0.25, 0.3) is 0 Å². The minimum atomic E-state index is 0.548. The predicted octanol–water partition coefficient (Wildman–Crippen LogP) is 1.62. The molecule has 1 saturated carbocycles. The molecule has 3 nitrogen and oxygen atoms in total. The first kappa shape index (κ1) is 11.0. The van der Waals surface area contributed by atoms with Gasteiger partial charge in [0, 0.05) is 24.5 Å². The first-order valence-electron chi connectivity index (χ1n) is 5.52. The lowest BCUT2D eigenvalue weighted by Crippen LogP contribution is -2.39. The standard InChI is InChI=1S/C11H19N3S/c1-8-13-10(7-15-8)6-14(2)11(5-12)9-3-4-9/h7,9,11H,3-6,12H2,1-2H3. The number of aryl methyl sites for hydroxylation is 1. The van der Waals surface area contributed by atoms with Gasteiger partial charge in [0.05, 0.1) is 10.7 Å². The minimum Gasteiger partial charge on any atom is -0.329 e. The van der Waals surface area contributed by atoms with Gasteiger partial charge in [0.2, 0.25) is 0 Å². The Kier molecular flexibility index (Phi) is 3.38. The first-order valence-corrected chi connectivity index (χ1v) is 6.40. The van der Waals surface area contributed by atoms with Gasteiger partial charge in [-0.1, -0.05) is 0 Å². The zero-order valence-corrected chi connectivity index (χ0v) is 10.3. The molecule has 1 aromatic heterocycles. The fraction of sp³-hybridized carbons (Fsp3) is 0.727. The summed E-state index contributed by atoms with van der Waals surface area (Å²) in [6, 6.07) is 0.548. The van der Waals surface area contributed by atoms with Crippen LogP contribution in [0, 0.1) is 12.8 Å². The molecule has 15 heavy (non-hydrogen) atoms. The molecule has 1 unspecified atom stereocenters. The number of rotatable bonds is 5. The molecule has 0 amide bonds. The topological polar surface area (TPSA) is 42.2 Å². The summed E-state index contributed by atoms with van der Waals surface area (Å²) in [5.74, 6) is 0.833. The van der Waals surface area contributed by atoms with Crippen LogP contribution in [-0.2, 0) is 6.54 Å². The van der Waals surface area contributed by atoms with Crippen LogP contribution in [0.2, 0.25) is 0 Å². The molecule has 84 valence electrons. The smallest absolute Gasteiger partial charge is 0.0897 e. The Labute approximate surface area is 95.3 Å². The lowest BCUT2D eigenvalue weighted by atomic mass is 10.1. The average Bonchev–Trinajstić information content (AvgIpc) is 2.93. The quantitative estimate of drug-likeness (QED) is 0.828. The van der Waals surface area contributed by atoms with E-state index in [2.05, 4.69) is 29.2 Å². The normalized spacial score (nSPS) is 18.4. The summed E-state index contributed by atoms with van der Waals surface area (Å²) in [6.07, 6.45) is 2.70. The fourth-order valence-electron chi connectivity index (χ4n) is 2.07. The second-order valence-electron chi connectivity index (χ2n) is 4.41. The summed E-state index contributed by atoms with van der Waals surface area (Å²) < 4.78 is 0. The van der Waals surface area contributed by atoms with Crippen molar-refractivity contribution in [3.63, 3.8) is 0 Å². The molecule has 1 aromatic rings. The van der Waals surface area contributed by atoms with Crippen molar-refractivity contribution in [2.24, 2.45) is 11.7 Å². The van der Waals surface area contributed by atoms with Crippen LogP contribution in [0.4, 0.5) is 0 Å². The summed E-state index contributed by atoms with van der Waals surface area (Å²) in [4.78, 5) is 6.84. The molecule has 1 fully saturated rings. The van der Waals surface area contributed by atoms with Crippen molar-refractivity contribution in [2.75, 3.05) is 13.6 Å². The van der Waals surface area contributed by atoms with Crippen LogP contribution in [0.15, 0.2) is 5.38 Å². The molecule has 2 rings (SSSR count). The van der Waals surface area contributed by atoms with Gasteiger partial charge in [-0.25, -0.2) is 4.98 Å². The van der Waals surface area contributed by atoms with E-state index in [-0.39, 0.29) is 0 Å². The van der Waals surface area contributed by atoms with E-state index in [1.165, 1.54) is 18.5 Å². The van der Waals surface area contributed by atoms with Crippen LogP contribution in [-0.4, -0.2) is 29.5 Å². The van der Waals surface area contributed by atoms with Gasteiger partial charge >= 0.3 is 0 Å². The third kappa shape index (κ3) is 2.77. The molecular weight excluding hydrogens is 206 g/mol. The average molecular weight is 225 g/mol. The second kappa shape index (κ2) is 4.60. The van der Waals surface area contributed by atoms with Crippen LogP contribution in [0.25, 0.3) is 0 Å². The molecule has 0 spiro atoms. The Balaban J connectivity index is 1.92. The molecule has 0 radical (unpaired) electrons. The summed E-state index contributed by atoms with van der Waals surface area (Å²) in [5, 5.41) is 3.29. The maximum Gasteiger partial charge on any atom is 0.0897 e. The molecule has 0 aliphatic heterocycles. The van der Waals surface area contributed by atoms with E-state index in [0.717, 1.165) is 24.0 Å². The molecule has 1 heterocycles. The number of hydrogen-bond donors (Lipinski definition) is 1. The van der Waals surface area contributed by atoms with E-state index in [1.54, 1.807) is 11.3 Å². The highest BCUT2D eigenvalue weighted by atomic mass is 32.1. The summed E-state index contributed by atoms with van der Waals surface area (Å²) in [7, 11) is 2.16. The molecule has 0 bridgehead atoms. The van der Waals surface area contributed by atoms with Crippen molar-refractivity contribution in [1.82, 2.24) is 9.88 Å². The predicted molar refractivity (Wildman–Crippen MR) is 63.9 cm³/mol. The minimum absolute atomic E-state index is 0.548. The van der Waals surface area contributed by atoms with Crippen molar-refractivity contribution in [1.29, 1.82) is 0 Å². The van der Waals surface area contributed by atoms with Gasteiger partial charge in [-0.2, -0.15) is 0 Å². The maximum absolute atomic E-state index is 5.81. The molecule has 1 aliphatic rings. The van der Waals surface area contributed by atoms with Crippen LogP contribution >= 0.6 is 11.3 Å². The molecule has 1 atom stereocenters. The van der Waals surface area contributed by atoms with Gasteiger partial charge in [-0.15, -0.1) is 11.3 Å². The van der Waals surface area contributed by atoms with Gasteiger partial charge < -0.3 is 5.73 Å². The van der Waals surface area contributed by atoms with E-state index in [9.17, 15) is 0 Å². The Bertz CT molecular complexity index is 319. The fourth-order valence-corrected chi connectivity index (χ4v) is 2.67. The van der Waals surface area contributed by atoms with E-state index in [4.69, 9.17) is 5.73 Å². The SMILES string of the molecule is Cc1nc(CN(C)C(CN)C2CC2)cs1. The molecular formula is C11H19N3S. The van der Waals surface area contributed by atoms with Crippen LogP contribution < -0.4 is 5.73 Å². The molecule has 0 aromatic carbocycles. The third-order valence-electron chi connectivity index (χ3n) is 3.05. The number of thiazole rings is 1. The maximum atomic E-state index is 5.81. The molecule has 0 saturated heterocycles.